The number of hydrogen-bond acceptors (Lipinski definition) is 3. The smallest absolute Gasteiger partial charge is 0.238 e. The Labute approximate surface area is 137 Å². The van der Waals surface area contributed by atoms with Gasteiger partial charge in [-0.25, -0.2) is 0 Å². The molecule has 0 aliphatic carbocycles. The molecular formula is C16H25ClN2OS. The zero-order valence-corrected chi connectivity index (χ0v) is 14.8. The van der Waals surface area contributed by atoms with Gasteiger partial charge in [0.15, 0.2) is 0 Å². The highest BCUT2D eigenvalue weighted by molar-refractivity contribution is 8.00. The summed E-state index contributed by atoms with van der Waals surface area (Å²) in [4.78, 5) is 12.0. The number of benzene rings is 1. The van der Waals surface area contributed by atoms with Gasteiger partial charge in [0.25, 0.3) is 0 Å². The van der Waals surface area contributed by atoms with Gasteiger partial charge in [-0.15, -0.1) is 0 Å². The third-order valence-electron chi connectivity index (χ3n) is 3.93. The molecule has 0 aliphatic rings. The largest absolute Gasteiger partial charge is 0.325 e. The third-order valence-corrected chi connectivity index (χ3v) is 5.75. The Morgan fingerprint density at radius 3 is 2.57 bits per heavy atom. The van der Waals surface area contributed by atoms with Gasteiger partial charge in [0.2, 0.25) is 5.91 Å². The van der Waals surface area contributed by atoms with Crippen LogP contribution in [0.25, 0.3) is 0 Å². The minimum atomic E-state index is -0.0393. The maximum Gasteiger partial charge on any atom is 0.238 e. The zero-order valence-electron chi connectivity index (χ0n) is 13.3. The summed E-state index contributed by atoms with van der Waals surface area (Å²) in [5.41, 5.74) is 1.78. The van der Waals surface area contributed by atoms with E-state index in [1.54, 1.807) is 6.07 Å². The topological polar surface area (TPSA) is 41.1 Å². The first-order valence-electron chi connectivity index (χ1n) is 7.28. The third kappa shape index (κ3) is 5.53. The maximum atomic E-state index is 12.0. The molecule has 0 saturated heterocycles. The van der Waals surface area contributed by atoms with Gasteiger partial charge in [-0.3, -0.25) is 4.79 Å². The molecule has 0 unspecified atom stereocenters. The predicted molar refractivity (Wildman–Crippen MR) is 94.5 cm³/mol. The van der Waals surface area contributed by atoms with E-state index < -0.39 is 0 Å². The van der Waals surface area contributed by atoms with Gasteiger partial charge in [0.05, 0.1) is 6.54 Å². The van der Waals surface area contributed by atoms with Crippen molar-refractivity contribution in [3.8, 4) is 0 Å². The van der Waals surface area contributed by atoms with Crippen molar-refractivity contribution in [2.24, 2.45) is 0 Å². The Bertz CT molecular complexity index is 467. The molecule has 21 heavy (non-hydrogen) atoms. The van der Waals surface area contributed by atoms with Gasteiger partial charge < -0.3 is 10.6 Å². The first-order chi connectivity index (χ1) is 9.96. The first-order valence-corrected chi connectivity index (χ1v) is 8.88. The lowest BCUT2D eigenvalue weighted by atomic mass is 10.0. The molecule has 0 fully saturated rings. The van der Waals surface area contributed by atoms with E-state index in [4.69, 9.17) is 11.6 Å². The molecule has 0 radical (unpaired) electrons. The second-order valence-corrected chi connectivity index (χ2v) is 6.92. The van der Waals surface area contributed by atoms with E-state index in [0.717, 1.165) is 30.6 Å². The maximum absolute atomic E-state index is 12.0. The van der Waals surface area contributed by atoms with E-state index in [2.05, 4.69) is 30.7 Å². The summed E-state index contributed by atoms with van der Waals surface area (Å²) in [6, 6.07) is 5.50. The van der Waals surface area contributed by atoms with Crippen molar-refractivity contribution in [1.82, 2.24) is 5.32 Å². The summed E-state index contributed by atoms with van der Waals surface area (Å²) in [6.07, 6.45) is 4.31. The summed E-state index contributed by atoms with van der Waals surface area (Å²) in [7, 11) is 0. The lowest BCUT2D eigenvalue weighted by Gasteiger charge is -2.29. The molecule has 1 aromatic carbocycles. The average Bonchev–Trinajstić information content (AvgIpc) is 2.48. The second-order valence-electron chi connectivity index (χ2n) is 5.21. The summed E-state index contributed by atoms with van der Waals surface area (Å²) >= 11 is 7.82. The van der Waals surface area contributed by atoms with Crippen molar-refractivity contribution >= 4 is 35.0 Å². The number of rotatable bonds is 8. The van der Waals surface area contributed by atoms with Gasteiger partial charge in [-0.1, -0.05) is 31.5 Å². The molecule has 0 spiro atoms. The van der Waals surface area contributed by atoms with Gasteiger partial charge >= 0.3 is 0 Å². The predicted octanol–water partition coefficient (Wildman–Crippen LogP) is 4.10. The number of carbonyl (C=O) groups is 1. The van der Waals surface area contributed by atoms with Crippen LogP contribution in [0.2, 0.25) is 5.02 Å². The highest BCUT2D eigenvalue weighted by atomic mass is 35.5. The first kappa shape index (κ1) is 18.3. The molecule has 0 heterocycles. The standard InChI is InChI=1S/C16H25ClN2OS/c1-5-16(6-2,21-4)11-18-10-15(20)19-14-9-13(17)8-7-12(14)3/h7-9,18H,5-6,10-11H2,1-4H3,(H,19,20). The van der Waals surface area contributed by atoms with Crippen LogP contribution in [-0.2, 0) is 4.79 Å². The van der Waals surface area contributed by atoms with Crippen molar-refractivity contribution in [3.63, 3.8) is 0 Å². The van der Waals surface area contributed by atoms with Gasteiger partial charge in [0.1, 0.15) is 0 Å². The number of hydrogen-bond donors (Lipinski definition) is 2. The minimum absolute atomic E-state index is 0.0393. The average molecular weight is 329 g/mol. The van der Waals surface area contributed by atoms with Gasteiger partial charge in [-0.2, -0.15) is 11.8 Å². The fourth-order valence-electron chi connectivity index (χ4n) is 2.19. The number of nitrogens with one attached hydrogen (secondary N) is 2. The van der Waals surface area contributed by atoms with Crippen LogP contribution in [0.3, 0.4) is 0 Å². The summed E-state index contributed by atoms with van der Waals surface area (Å²) in [5, 5.41) is 6.79. The Morgan fingerprint density at radius 1 is 1.33 bits per heavy atom. The number of carbonyl (C=O) groups excluding carboxylic acids is 1. The van der Waals surface area contributed by atoms with Crippen LogP contribution in [-0.4, -0.2) is 30.0 Å². The van der Waals surface area contributed by atoms with Gasteiger partial charge in [0, 0.05) is 22.0 Å². The van der Waals surface area contributed by atoms with Crippen LogP contribution in [0.15, 0.2) is 18.2 Å². The number of anilines is 1. The molecule has 118 valence electrons. The number of amides is 1. The fourth-order valence-corrected chi connectivity index (χ4v) is 3.18. The molecule has 2 N–H and O–H groups in total. The molecule has 1 amide bonds. The number of aryl methyl sites for hydroxylation is 1. The molecule has 1 aromatic rings. The van der Waals surface area contributed by atoms with Crippen LogP contribution in [0.1, 0.15) is 32.3 Å². The molecule has 0 aromatic heterocycles. The summed E-state index contributed by atoms with van der Waals surface area (Å²) < 4.78 is 0.215. The van der Waals surface area contributed by atoms with E-state index in [0.29, 0.717) is 11.6 Å². The number of halogens is 1. The van der Waals surface area contributed by atoms with E-state index in [9.17, 15) is 4.79 Å². The molecular weight excluding hydrogens is 304 g/mol. The lowest BCUT2D eigenvalue weighted by Crippen LogP contribution is -2.40. The lowest BCUT2D eigenvalue weighted by molar-refractivity contribution is -0.115. The molecule has 0 saturated carbocycles. The summed E-state index contributed by atoms with van der Waals surface area (Å²) in [6.45, 7) is 7.48. The van der Waals surface area contributed by atoms with Crippen LogP contribution < -0.4 is 10.6 Å². The molecule has 3 nitrogen and oxygen atoms in total. The quantitative estimate of drug-likeness (QED) is 0.755. The fraction of sp³-hybridized carbons (Fsp3) is 0.562. The van der Waals surface area contributed by atoms with Gasteiger partial charge in [-0.05, 0) is 43.7 Å². The second kappa shape index (κ2) is 8.66. The van der Waals surface area contributed by atoms with Crippen molar-refractivity contribution in [2.75, 3.05) is 24.7 Å². The van der Waals surface area contributed by atoms with Crippen molar-refractivity contribution in [2.45, 2.75) is 38.4 Å². The molecule has 5 heteroatoms. The normalized spacial score (nSPS) is 11.5. The van der Waals surface area contributed by atoms with Crippen molar-refractivity contribution < 1.29 is 4.79 Å². The Hall–Kier alpha value is -0.710. The van der Waals surface area contributed by atoms with E-state index in [-0.39, 0.29) is 10.7 Å². The van der Waals surface area contributed by atoms with E-state index in [1.807, 2.05) is 30.8 Å². The Balaban J connectivity index is 2.49. The monoisotopic (exact) mass is 328 g/mol. The number of thioether (sulfide) groups is 1. The highest BCUT2D eigenvalue weighted by Gasteiger charge is 2.24. The van der Waals surface area contributed by atoms with Crippen LogP contribution in [0.5, 0.6) is 0 Å². The molecule has 0 bridgehead atoms. The van der Waals surface area contributed by atoms with E-state index in [1.165, 1.54) is 0 Å². The van der Waals surface area contributed by atoms with E-state index >= 15 is 0 Å². The van der Waals surface area contributed by atoms with Crippen LogP contribution >= 0.6 is 23.4 Å². The van der Waals surface area contributed by atoms with Crippen molar-refractivity contribution in [1.29, 1.82) is 0 Å². The SMILES string of the molecule is CCC(CC)(CNCC(=O)Nc1cc(Cl)ccc1C)SC. The zero-order chi connectivity index (χ0) is 15.9. The summed E-state index contributed by atoms with van der Waals surface area (Å²) in [5.74, 6) is -0.0393. The highest BCUT2D eigenvalue weighted by Crippen LogP contribution is 2.29. The Kier molecular flexibility index (Phi) is 7.57. The minimum Gasteiger partial charge on any atom is -0.325 e. The van der Waals surface area contributed by atoms with Crippen molar-refractivity contribution in [3.05, 3.63) is 28.8 Å². The molecule has 0 atom stereocenters. The van der Waals surface area contributed by atoms with Crippen LogP contribution in [0, 0.1) is 6.92 Å². The Morgan fingerprint density at radius 2 is 2.00 bits per heavy atom. The molecule has 0 aliphatic heterocycles. The van der Waals surface area contributed by atoms with Crippen LogP contribution in [0.4, 0.5) is 5.69 Å². The molecule has 1 rings (SSSR count).